The zero-order valence-electron chi connectivity index (χ0n) is 18.1. The third-order valence-electron chi connectivity index (χ3n) is 5.80. The molecule has 31 heavy (non-hydrogen) atoms. The molecule has 2 aromatic rings. The van der Waals surface area contributed by atoms with Gasteiger partial charge in [-0.1, -0.05) is 51.4 Å². The monoisotopic (exact) mass is 446 g/mol. The van der Waals surface area contributed by atoms with Gasteiger partial charge < -0.3 is 19.7 Å². The molecule has 1 amide bonds. The normalized spacial score (nSPS) is 20.8. The van der Waals surface area contributed by atoms with E-state index in [9.17, 15) is 9.90 Å². The van der Waals surface area contributed by atoms with Crippen molar-refractivity contribution in [2.24, 2.45) is 0 Å². The largest absolute Gasteiger partial charge is 0.392 e. The molecule has 1 aliphatic rings. The van der Waals surface area contributed by atoms with Gasteiger partial charge >= 0.3 is 0 Å². The van der Waals surface area contributed by atoms with E-state index in [1.807, 2.05) is 16.8 Å². The number of aliphatic hydroxyl groups is 1. The van der Waals surface area contributed by atoms with Crippen molar-refractivity contribution in [1.29, 1.82) is 0 Å². The average molecular weight is 447 g/mol. The number of hydrogen-bond acceptors (Lipinski definition) is 5. The maximum atomic E-state index is 12.4. The highest BCUT2D eigenvalue weighted by atomic mass is 35.5. The van der Waals surface area contributed by atoms with E-state index in [0.717, 1.165) is 19.3 Å². The first kappa shape index (κ1) is 23.5. The number of ether oxygens (including phenoxy) is 1. The number of aliphatic hydroxyl groups excluding tert-OH is 1. The number of nitrogens with zero attached hydrogens (tertiary/aromatic N) is 3. The zero-order valence-corrected chi connectivity index (χ0v) is 18.8. The molecule has 2 atom stereocenters. The van der Waals surface area contributed by atoms with Crippen LogP contribution in [-0.4, -0.2) is 37.8 Å². The average Bonchev–Trinajstić information content (AvgIpc) is 3.37. The molecule has 2 aromatic heterocycles. The number of terminal acetylenes is 1. The summed E-state index contributed by atoms with van der Waals surface area (Å²) in [6.45, 7) is 1.96. The minimum atomic E-state index is -0.980. The van der Waals surface area contributed by atoms with E-state index in [-0.39, 0.29) is 24.0 Å². The summed E-state index contributed by atoms with van der Waals surface area (Å²) < 4.78 is 7.77. The molecule has 2 N–H and O–H groups in total. The molecule has 0 spiro atoms. The summed E-state index contributed by atoms with van der Waals surface area (Å²) in [7, 11) is 0. The van der Waals surface area contributed by atoms with Gasteiger partial charge in [0.2, 0.25) is 11.2 Å². The van der Waals surface area contributed by atoms with Crippen molar-refractivity contribution in [3.8, 4) is 12.3 Å². The standard InChI is InChI=1S/C23H31ClN4O3/c1-3-5-6-7-8-9-10-11-18(30)25-20-17-13-15-28(21(17)27-22(24)26-20)19-12-14-23(4-2,16-29)31-19/h2,13,15,19,29H,3,5-12,14,16H2,1H3,(H,25,26,27,30)/t19-,23?/m1/s1. The SMILES string of the molecule is C#CC1(CO)CC[C@H](n2ccc3c(NC(=O)CCCCCCCCC)nc(Cl)nc32)O1. The van der Waals surface area contributed by atoms with Gasteiger partial charge in [-0.2, -0.15) is 9.97 Å². The second-order valence-corrected chi connectivity index (χ2v) is 8.47. The number of hydrogen-bond donors (Lipinski definition) is 2. The van der Waals surface area contributed by atoms with Crippen LogP contribution >= 0.6 is 11.6 Å². The first-order valence-corrected chi connectivity index (χ1v) is 11.5. The molecule has 0 saturated carbocycles. The summed E-state index contributed by atoms with van der Waals surface area (Å²) >= 11 is 6.14. The summed E-state index contributed by atoms with van der Waals surface area (Å²) in [5.41, 5.74) is -0.423. The van der Waals surface area contributed by atoms with Crippen molar-refractivity contribution < 1.29 is 14.6 Å². The summed E-state index contributed by atoms with van der Waals surface area (Å²) in [6.07, 6.45) is 16.7. The second-order valence-electron chi connectivity index (χ2n) is 8.13. The molecule has 1 unspecified atom stereocenters. The lowest BCUT2D eigenvalue weighted by atomic mass is 10.0. The molecule has 7 nitrogen and oxygen atoms in total. The van der Waals surface area contributed by atoms with Crippen molar-refractivity contribution in [2.45, 2.75) is 83.0 Å². The predicted molar refractivity (Wildman–Crippen MR) is 122 cm³/mol. The fourth-order valence-electron chi connectivity index (χ4n) is 3.97. The number of rotatable bonds is 11. The number of fused-ring (bicyclic) bond motifs is 1. The molecule has 8 heteroatoms. The topological polar surface area (TPSA) is 89.3 Å². The number of unbranched alkanes of at least 4 members (excludes halogenated alkanes) is 6. The smallest absolute Gasteiger partial charge is 0.226 e. The molecule has 0 bridgehead atoms. The van der Waals surface area contributed by atoms with Gasteiger partial charge in [-0.25, -0.2) is 0 Å². The van der Waals surface area contributed by atoms with Crippen LogP contribution in [-0.2, 0) is 9.53 Å². The molecule has 1 aliphatic heterocycles. The van der Waals surface area contributed by atoms with Crippen LogP contribution in [0.1, 0.15) is 77.4 Å². The van der Waals surface area contributed by atoms with E-state index in [0.29, 0.717) is 36.1 Å². The summed E-state index contributed by atoms with van der Waals surface area (Å²) in [6, 6.07) is 1.83. The Bertz CT molecular complexity index is 939. The Morgan fingerprint density at radius 2 is 2.10 bits per heavy atom. The fraction of sp³-hybridized carbons (Fsp3) is 0.609. The number of anilines is 1. The van der Waals surface area contributed by atoms with E-state index in [1.54, 1.807) is 0 Å². The van der Waals surface area contributed by atoms with Crippen LogP contribution in [0.2, 0.25) is 5.28 Å². The minimum absolute atomic E-state index is 0.0436. The van der Waals surface area contributed by atoms with Crippen LogP contribution in [0.15, 0.2) is 12.3 Å². The Hall–Kier alpha value is -2.14. The van der Waals surface area contributed by atoms with E-state index < -0.39 is 5.60 Å². The summed E-state index contributed by atoms with van der Waals surface area (Å²) in [5, 5.41) is 13.2. The maximum Gasteiger partial charge on any atom is 0.226 e. The molecule has 0 aliphatic carbocycles. The van der Waals surface area contributed by atoms with Gasteiger partial charge in [0, 0.05) is 12.6 Å². The lowest BCUT2D eigenvalue weighted by Gasteiger charge is -2.21. The van der Waals surface area contributed by atoms with Crippen molar-refractivity contribution in [2.75, 3.05) is 11.9 Å². The van der Waals surface area contributed by atoms with Gasteiger partial charge in [-0.15, -0.1) is 6.42 Å². The number of carbonyl (C=O) groups excluding carboxylic acids is 1. The lowest BCUT2D eigenvalue weighted by Crippen LogP contribution is -2.31. The number of halogens is 1. The number of nitrogens with one attached hydrogen (secondary N) is 1. The summed E-state index contributed by atoms with van der Waals surface area (Å²) in [4.78, 5) is 21.0. The van der Waals surface area contributed by atoms with Gasteiger partial charge in [0.15, 0.2) is 5.60 Å². The Kier molecular flexibility index (Phi) is 8.30. The highest BCUT2D eigenvalue weighted by molar-refractivity contribution is 6.28. The lowest BCUT2D eigenvalue weighted by molar-refractivity contribution is -0.116. The molecule has 3 heterocycles. The first-order valence-electron chi connectivity index (χ1n) is 11.1. The highest BCUT2D eigenvalue weighted by Crippen LogP contribution is 2.38. The van der Waals surface area contributed by atoms with E-state index >= 15 is 0 Å². The van der Waals surface area contributed by atoms with Gasteiger partial charge in [0.05, 0.1) is 12.0 Å². The van der Waals surface area contributed by atoms with Crippen LogP contribution in [0.25, 0.3) is 11.0 Å². The Morgan fingerprint density at radius 1 is 1.35 bits per heavy atom. The Morgan fingerprint density at radius 3 is 2.77 bits per heavy atom. The van der Waals surface area contributed by atoms with Crippen LogP contribution in [0.3, 0.4) is 0 Å². The third-order valence-corrected chi connectivity index (χ3v) is 5.96. The molecular formula is C23H31ClN4O3. The minimum Gasteiger partial charge on any atom is -0.392 e. The first-order chi connectivity index (χ1) is 15.0. The van der Waals surface area contributed by atoms with Crippen LogP contribution in [0.4, 0.5) is 5.82 Å². The van der Waals surface area contributed by atoms with Gasteiger partial charge in [-0.3, -0.25) is 4.79 Å². The van der Waals surface area contributed by atoms with E-state index in [4.69, 9.17) is 22.8 Å². The van der Waals surface area contributed by atoms with Crippen LogP contribution in [0, 0.1) is 12.3 Å². The van der Waals surface area contributed by atoms with Crippen LogP contribution < -0.4 is 5.32 Å². The predicted octanol–water partition coefficient (Wildman–Crippen LogP) is 4.84. The van der Waals surface area contributed by atoms with Crippen molar-refractivity contribution in [3.63, 3.8) is 0 Å². The molecule has 3 rings (SSSR count). The number of carbonyl (C=O) groups is 1. The molecule has 1 saturated heterocycles. The highest BCUT2D eigenvalue weighted by Gasteiger charge is 2.39. The van der Waals surface area contributed by atoms with Gasteiger partial charge in [0.25, 0.3) is 0 Å². The fourth-order valence-corrected chi connectivity index (χ4v) is 4.14. The third kappa shape index (κ3) is 5.76. The Labute approximate surface area is 188 Å². The van der Waals surface area contributed by atoms with Crippen molar-refractivity contribution in [1.82, 2.24) is 14.5 Å². The molecule has 168 valence electrons. The Balaban J connectivity index is 1.64. The zero-order chi connectivity index (χ0) is 22.3. The number of amides is 1. The molecule has 0 radical (unpaired) electrons. The van der Waals surface area contributed by atoms with Gasteiger partial charge in [0.1, 0.15) is 17.7 Å². The molecular weight excluding hydrogens is 416 g/mol. The second kappa shape index (κ2) is 10.9. The van der Waals surface area contributed by atoms with Crippen LogP contribution in [0.5, 0.6) is 0 Å². The maximum absolute atomic E-state index is 12.4. The van der Waals surface area contributed by atoms with E-state index in [1.165, 1.54) is 25.7 Å². The van der Waals surface area contributed by atoms with Crippen molar-refractivity contribution in [3.05, 3.63) is 17.5 Å². The molecule has 1 fully saturated rings. The number of aromatic nitrogens is 3. The van der Waals surface area contributed by atoms with E-state index in [2.05, 4.69) is 28.1 Å². The molecule has 0 aromatic carbocycles. The summed E-state index contributed by atoms with van der Waals surface area (Å²) in [5.74, 6) is 2.86. The quantitative estimate of drug-likeness (QED) is 0.293. The van der Waals surface area contributed by atoms with Gasteiger partial charge in [-0.05, 0) is 36.9 Å². The van der Waals surface area contributed by atoms with Crippen molar-refractivity contribution >= 4 is 34.4 Å².